The van der Waals surface area contributed by atoms with Crippen LogP contribution in [0.2, 0.25) is 0 Å². The van der Waals surface area contributed by atoms with Crippen LogP contribution in [0.25, 0.3) is 0 Å². The summed E-state index contributed by atoms with van der Waals surface area (Å²) in [5.41, 5.74) is 9.53. The first kappa shape index (κ1) is 11.4. The number of nitrogens with two attached hydrogens (primary N) is 1. The maximum Gasteiger partial charge on any atom is 0.0317 e. The van der Waals surface area contributed by atoms with Crippen LogP contribution in [0.1, 0.15) is 17.5 Å². The summed E-state index contributed by atoms with van der Waals surface area (Å²) in [4.78, 5) is 4.73. The molecule has 1 aromatic rings. The van der Waals surface area contributed by atoms with Crippen LogP contribution in [0, 0.1) is 0 Å². The normalized spacial score (nSPS) is 15.7. The molecule has 3 nitrogen and oxygen atoms in total. The fourth-order valence-corrected chi connectivity index (χ4v) is 2.25. The molecule has 1 heterocycles. The first-order chi connectivity index (χ1) is 7.65. The van der Waals surface area contributed by atoms with Crippen LogP contribution in [0.15, 0.2) is 18.2 Å². The van der Waals surface area contributed by atoms with Crippen molar-refractivity contribution in [2.24, 2.45) is 0 Å². The highest BCUT2D eigenvalue weighted by atomic mass is 15.1. The molecule has 0 aromatic heterocycles. The van der Waals surface area contributed by atoms with Crippen LogP contribution < -0.4 is 5.73 Å². The van der Waals surface area contributed by atoms with Gasteiger partial charge in [-0.2, -0.15) is 0 Å². The van der Waals surface area contributed by atoms with Gasteiger partial charge in [-0.1, -0.05) is 6.07 Å². The number of hydrogen-bond donors (Lipinski definition) is 1. The van der Waals surface area contributed by atoms with E-state index in [-0.39, 0.29) is 0 Å². The smallest absolute Gasteiger partial charge is 0.0317 e. The Labute approximate surface area is 97.8 Å². The van der Waals surface area contributed by atoms with E-state index < -0.39 is 0 Å². The van der Waals surface area contributed by atoms with Crippen LogP contribution in [0.3, 0.4) is 0 Å². The Morgan fingerprint density at radius 2 is 2.00 bits per heavy atom. The van der Waals surface area contributed by atoms with Crippen molar-refractivity contribution < 1.29 is 0 Å². The van der Waals surface area contributed by atoms with Crippen LogP contribution in [-0.4, -0.2) is 37.0 Å². The lowest BCUT2D eigenvalue weighted by molar-refractivity contribution is 0.262. The van der Waals surface area contributed by atoms with Crippen LogP contribution in [0.4, 0.5) is 5.69 Å². The summed E-state index contributed by atoms with van der Waals surface area (Å²) in [5.74, 6) is 0. The van der Waals surface area contributed by atoms with Crippen LogP contribution in [0.5, 0.6) is 0 Å². The van der Waals surface area contributed by atoms with Crippen LogP contribution >= 0.6 is 0 Å². The summed E-state index contributed by atoms with van der Waals surface area (Å²) in [7, 11) is 4.25. The van der Waals surface area contributed by atoms with E-state index in [2.05, 4.69) is 36.0 Å². The molecule has 3 heteroatoms. The number of anilines is 1. The topological polar surface area (TPSA) is 32.5 Å². The molecule has 88 valence electrons. The van der Waals surface area contributed by atoms with E-state index >= 15 is 0 Å². The Morgan fingerprint density at radius 3 is 2.75 bits per heavy atom. The molecule has 0 saturated carbocycles. The Hall–Kier alpha value is -1.06. The zero-order valence-electron chi connectivity index (χ0n) is 10.2. The Kier molecular flexibility index (Phi) is 3.46. The van der Waals surface area contributed by atoms with Crippen molar-refractivity contribution >= 4 is 5.69 Å². The average molecular weight is 219 g/mol. The predicted molar refractivity (Wildman–Crippen MR) is 68.1 cm³/mol. The van der Waals surface area contributed by atoms with E-state index in [0.717, 1.165) is 25.3 Å². The molecule has 0 bridgehead atoms. The van der Waals surface area contributed by atoms with E-state index in [0.29, 0.717) is 0 Å². The highest BCUT2D eigenvalue weighted by Gasteiger charge is 2.17. The second-order valence-corrected chi connectivity index (χ2v) is 4.90. The van der Waals surface area contributed by atoms with Crippen molar-refractivity contribution in [1.29, 1.82) is 0 Å². The second kappa shape index (κ2) is 4.85. The summed E-state index contributed by atoms with van der Waals surface area (Å²) >= 11 is 0. The van der Waals surface area contributed by atoms with E-state index in [1.807, 2.05) is 6.07 Å². The van der Waals surface area contributed by atoms with E-state index in [1.165, 1.54) is 24.1 Å². The summed E-state index contributed by atoms with van der Waals surface area (Å²) in [6, 6.07) is 6.28. The lowest BCUT2D eigenvalue weighted by atomic mass is 10.1. The number of fused-ring (bicyclic) bond motifs is 1. The molecule has 0 aliphatic carbocycles. The minimum atomic E-state index is 0.883. The highest BCUT2D eigenvalue weighted by Crippen LogP contribution is 2.24. The maximum atomic E-state index is 5.79. The molecule has 0 fully saturated rings. The molecular weight excluding hydrogens is 198 g/mol. The molecule has 2 N–H and O–H groups in total. The van der Waals surface area contributed by atoms with Gasteiger partial charge in [0.2, 0.25) is 0 Å². The van der Waals surface area contributed by atoms with Crippen LogP contribution in [-0.2, 0) is 13.1 Å². The molecule has 0 unspecified atom stereocenters. The molecule has 1 aliphatic heterocycles. The minimum absolute atomic E-state index is 0.883. The van der Waals surface area contributed by atoms with E-state index in [4.69, 9.17) is 5.73 Å². The second-order valence-electron chi connectivity index (χ2n) is 4.90. The quantitative estimate of drug-likeness (QED) is 0.780. The zero-order chi connectivity index (χ0) is 11.5. The van der Waals surface area contributed by atoms with Gasteiger partial charge in [0, 0.05) is 25.3 Å². The minimum Gasteiger partial charge on any atom is -0.399 e. The maximum absolute atomic E-state index is 5.79. The third kappa shape index (κ3) is 2.74. The van der Waals surface area contributed by atoms with Gasteiger partial charge in [-0.3, -0.25) is 4.90 Å². The third-order valence-electron chi connectivity index (χ3n) is 3.10. The lowest BCUT2D eigenvalue weighted by Gasteiger charge is -2.16. The number of nitrogen functional groups attached to an aromatic ring is 1. The van der Waals surface area contributed by atoms with Gasteiger partial charge in [-0.05, 0) is 50.3 Å². The summed E-state index contributed by atoms with van der Waals surface area (Å²) in [6.07, 6.45) is 1.23. The monoisotopic (exact) mass is 219 g/mol. The molecular formula is C13H21N3. The van der Waals surface area contributed by atoms with Gasteiger partial charge >= 0.3 is 0 Å². The molecule has 0 saturated heterocycles. The molecule has 0 atom stereocenters. The van der Waals surface area contributed by atoms with Crippen molar-refractivity contribution in [3.63, 3.8) is 0 Å². The highest BCUT2D eigenvalue weighted by molar-refractivity contribution is 5.46. The molecule has 0 spiro atoms. The van der Waals surface area contributed by atoms with Crippen molar-refractivity contribution in [2.75, 3.05) is 32.9 Å². The molecule has 2 rings (SSSR count). The SMILES string of the molecule is CN(C)CCCN1Cc2ccc(N)cc2C1. The van der Waals surface area contributed by atoms with Gasteiger partial charge in [0.25, 0.3) is 0 Å². The molecule has 0 radical (unpaired) electrons. The van der Waals surface area contributed by atoms with Gasteiger partial charge in [0.05, 0.1) is 0 Å². The van der Waals surface area contributed by atoms with Crippen molar-refractivity contribution in [1.82, 2.24) is 9.80 Å². The summed E-state index contributed by atoms with van der Waals surface area (Å²) in [6.45, 7) is 4.48. The number of rotatable bonds is 4. The molecule has 16 heavy (non-hydrogen) atoms. The summed E-state index contributed by atoms with van der Waals surface area (Å²) in [5, 5.41) is 0. The molecule has 1 aromatic carbocycles. The number of nitrogens with zero attached hydrogens (tertiary/aromatic N) is 2. The third-order valence-corrected chi connectivity index (χ3v) is 3.10. The van der Waals surface area contributed by atoms with Gasteiger partial charge < -0.3 is 10.6 Å². The fraction of sp³-hybridized carbons (Fsp3) is 0.538. The standard InChI is InChI=1S/C13H21N3/c1-15(2)6-3-7-16-9-11-4-5-13(14)8-12(11)10-16/h4-5,8H,3,6-7,9-10,14H2,1-2H3. The Balaban J connectivity index is 1.86. The van der Waals surface area contributed by atoms with E-state index in [1.54, 1.807) is 0 Å². The first-order valence-electron chi connectivity index (χ1n) is 5.89. The zero-order valence-corrected chi connectivity index (χ0v) is 10.2. The van der Waals surface area contributed by atoms with Crippen molar-refractivity contribution in [3.05, 3.63) is 29.3 Å². The number of hydrogen-bond acceptors (Lipinski definition) is 3. The van der Waals surface area contributed by atoms with E-state index in [9.17, 15) is 0 Å². The van der Waals surface area contributed by atoms with Gasteiger partial charge in [-0.15, -0.1) is 0 Å². The van der Waals surface area contributed by atoms with Gasteiger partial charge in [0.15, 0.2) is 0 Å². The molecule has 0 amide bonds. The Morgan fingerprint density at radius 1 is 1.25 bits per heavy atom. The largest absolute Gasteiger partial charge is 0.399 e. The Bertz CT molecular complexity index is 360. The fourth-order valence-electron chi connectivity index (χ4n) is 2.25. The summed E-state index contributed by atoms with van der Waals surface area (Å²) < 4.78 is 0. The van der Waals surface area contributed by atoms with Gasteiger partial charge in [0.1, 0.15) is 0 Å². The van der Waals surface area contributed by atoms with Crippen molar-refractivity contribution in [2.45, 2.75) is 19.5 Å². The lowest BCUT2D eigenvalue weighted by Crippen LogP contribution is -2.22. The predicted octanol–water partition coefficient (Wildman–Crippen LogP) is 1.54. The average Bonchev–Trinajstić information content (AvgIpc) is 2.58. The first-order valence-corrected chi connectivity index (χ1v) is 5.89. The molecule has 1 aliphatic rings. The van der Waals surface area contributed by atoms with Crippen molar-refractivity contribution in [3.8, 4) is 0 Å². The number of benzene rings is 1. The van der Waals surface area contributed by atoms with Gasteiger partial charge in [-0.25, -0.2) is 0 Å².